The normalized spacial score (nSPS) is 29.2. The van der Waals surface area contributed by atoms with Crippen LogP contribution in [0.3, 0.4) is 0 Å². The highest BCUT2D eigenvalue weighted by atomic mass is 16.5. The summed E-state index contributed by atoms with van der Waals surface area (Å²) in [6.45, 7) is 9.91. The summed E-state index contributed by atoms with van der Waals surface area (Å²) in [6.07, 6.45) is 6.90. The minimum Gasteiger partial charge on any atom is -0.370 e. The minimum atomic E-state index is 0.249. The Balaban J connectivity index is 2.38. The molecule has 0 spiro atoms. The molecule has 1 aliphatic rings. The molecule has 1 heteroatoms. The van der Waals surface area contributed by atoms with Gasteiger partial charge >= 0.3 is 0 Å². The third-order valence-corrected chi connectivity index (χ3v) is 2.29. The van der Waals surface area contributed by atoms with Crippen LogP contribution in [0.4, 0.5) is 0 Å². The molecule has 0 bridgehead atoms. The lowest BCUT2D eigenvalue weighted by Gasteiger charge is -2.10. The lowest BCUT2D eigenvalue weighted by atomic mass is 10.0. The first kappa shape index (κ1) is 9.53. The second-order valence-electron chi connectivity index (χ2n) is 3.42. The van der Waals surface area contributed by atoms with Crippen LogP contribution in [0.25, 0.3) is 0 Å². The van der Waals surface area contributed by atoms with Gasteiger partial charge in [-0.15, -0.1) is 6.58 Å². The van der Waals surface area contributed by atoms with E-state index in [-0.39, 0.29) is 6.10 Å². The molecule has 1 heterocycles. The molecule has 1 saturated heterocycles. The fraction of sp³-hybridized carbons (Fsp3) is 0.636. The van der Waals surface area contributed by atoms with Crippen molar-refractivity contribution in [3.63, 3.8) is 0 Å². The molecular weight excluding hydrogens is 148 g/mol. The number of rotatable bonds is 4. The first-order chi connectivity index (χ1) is 5.77. The summed E-state index contributed by atoms with van der Waals surface area (Å²) in [5.74, 6) is 0. The van der Waals surface area contributed by atoms with Gasteiger partial charge in [0.05, 0.1) is 12.2 Å². The zero-order chi connectivity index (χ0) is 8.97. The van der Waals surface area contributed by atoms with Crippen LogP contribution in [-0.2, 0) is 4.74 Å². The molecule has 2 atom stereocenters. The second-order valence-corrected chi connectivity index (χ2v) is 3.42. The van der Waals surface area contributed by atoms with Crippen molar-refractivity contribution in [2.45, 2.75) is 44.8 Å². The van der Waals surface area contributed by atoms with E-state index in [4.69, 9.17) is 4.74 Å². The van der Waals surface area contributed by atoms with Crippen molar-refractivity contribution >= 4 is 0 Å². The smallest absolute Gasteiger partial charge is 0.0821 e. The summed E-state index contributed by atoms with van der Waals surface area (Å²) in [5.41, 5.74) is 1.24. The van der Waals surface area contributed by atoms with E-state index < -0.39 is 0 Å². The van der Waals surface area contributed by atoms with Gasteiger partial charge in [0.2, 0.25) is 0 Å². The maximum absolute atomic E-state index is 5.78. The van der Waals surface area contributed by atoms with E-state index in [1.807, 2.05) is 6.08 Å². The van der Waals surface area contributed by atoms with Gasteiger partial charge in [-0.05, 0) is 24.8 Å². The lowest BCUT2D eigenvalue weighted by molar-refractivity contribution is 0.0489. The highest BCUT2D eigenvalue weighted by Gasteiger charge is 2.26. The third kappa shape index (κ3) is 2.21. The summed E-state index contributed by atoms with van der Waals surface area (Å²) in [5, 5.41) is 0. The van der Waals surface area contributed by atoms with Crippen LogP contribution in [0.1, 0.15) is 32.6 Å². The van der Waals surface area contributed by atoms with Gasteiger partial charge in [-0.25, -0.2) is 0 Å². The monoisotopic (exact) mass is 166 g/mol. The largest absolute Gasteiger partial charge is 0.370 e. The first-order valence-electron chi connectivity index (χ1n) is 4.72. The van der Waals surface area contributed by atoms with E-state index in [1.54, 1.807) is 0 Å². The molecule has 1 aliphatic heterocycles. The molecule has 0 aromatic carbocycles. The predicted octanol–water partition coefficient (Wildman–Crippen LogP) is 3.08. The Morgan fingerprint density at radius 3 is 3.00 bits per heavy atom. The van der Waals surface area contributed by atoms with Gasteiger partial charge < -0.3 is 4.74 Å². The average molecular weight is 166 g/mol. The molecule has 1 rings (SSSR count). The number of hydrogen-bond acceptors (Lipinski definition) is 1. The van der Waals surface area contributed by atoms with E-state index in [9.17, 15) is 0 Å². The summed E-state index contributed by atoms with van der Waals surface area (Å²) in [7, 11) is 0. The SMILES string of the molecule is C=CC[C@@H]1O[C@@H](CCC)CC1=C. The second kappa shape index (κ2) is 4.46. The zero-order valence-corrected chi connectivity index (χ0v) is 7.88. The number of ether oxygens (including phenoxy) is 1. The van der Waals surface area contributed by atoms with E-state index >= 15 is 0 Å². The van der Waals surface area contributed by atoms with E-state index in [0.717, 1.165) is 19.3 Å². The van der Waals surface area contributed by atoms with E-state index in [0.29, 0.717) is 6.10 Å². The van der Waals surface area contributed by atoms with Gasteiger partial charge in [-0.1, -0.05) is 26.0 Å². The highest BCUT2D eigenvalue weighted by molar-refractivity contribution is 5.10. The van der Waals surface area contributed by atoms with Crippen LogP contribution < -0.4 is 0 Å². The molecule has 0 aromatic rings. The summed E-state index contributed by atoms with van der Waals surface area (Å²) >= 11 is 0. The molecule has 0 unspecified atom stereocenters. The Morgan fingerprint density at radius 1 is 1.67 bits per heavy atom. The van der Waals surface area contributed by atoms with Crippen molar-refractivity contribution in [2.75, 3.05) is 0 Å². The van der Waals surface area contributed by atoms with Crippen LogP contribution >= 0.6 is 0 Å². The Hall–Kier alpha value is -0.560. The highest BCUT2D eigenvalue weighted by Crippen LogP contribution is 2.28. The Bertz CT molecular complexity index is 172. The van der Waals surface area contributed by atoms with Crippen molar-refractivity contribution in [2.24, 2.45) is 0 Å². The quantitative estimate of drug-likeness (QED) is 0.583. The van der Waals surface area contributed by atoms with E-state index in [2.05, 4.69) is 20.1 Å². The Kier molecular flexibility index (Phi) is 3.54. The molecule has 0 N–H and O–H groups in total. The van der Waals surface area contributed by atoms with Gasteiger partial charge in [0.25, 0.3) is 0 Å². The van der Waals surface area contributed by atoms with Crippen LogP contribution in [0.15, 0.2) is 24.8 Å². The van der Waals surface area contributed by atoms with Crippen LogP contribution in [0.5, 0.6) is 0 Å². The summed E-state index contributed by atoms with van der Waals surface area (Å²) in [4.78, 5) is 0. The lowest BCUT2D eigenvalue weighted by Crippen LogP contribution is -2.09. The van der Waals surface area contributed by atoms with Gasteiger partial charge in [0, 0.05) is 0 Å². The Morgan fingerprint density at radius 2 is 2.42 bits per heavy atom. The zero-order valence-electron chi connectivity index (χ0n) is 7.88. The molecule has 1 fully saturated rings. The van der Waals surface area contributed by atoms with Gasteiger partial charge in [0.1, 0.15) is 0 Å². The first-order valence-corrected chi connectivity index (χ1v) is 4.72. The molecule has 12 heavy (non-hydrogen) atoms. The maximum Gasteiger partial charge on any atom is 0.0821 e. The molecule has 0 aliphatic carbocycles. The minimum absolute atomic E-state index is 0.249. The molecule has 0 saturated carbocycles. The van der Waals surface area contributed by atoms with Crippen LogP contribution in [0.2, 0.25) is 0 Å². The Labute approximate surface area is 75.1 Å². The maximum atomic E-state index is 5.78. The molecule has 0 aromatic heterocycles. The average Bonchev–Trinajstić information content (AvgIpc) is 2.34. The van der Waals surface area contributed by atoms with Crippen molar-refractivity contribution in [1.82, 2.24) is 0 Å². The standard InChI is InChI=1S/C11H18O/c1-4-6-10-8-9(3)11(12-10)7-5-2/h5,10-11H,2-4,6-8H2,1H3/t10-,11-/m0/s1. The fourth-order valence-electron chi connectivity index (χ4n) is 1.67. The molecule has 68 valence electrons. The third-order valence-electron chi connectivity index (χ3n) is 2.29. The fourth-order valence-corrected chi connectivity index (χ4v) is 1.67. The van der Waals surface area contributed by atoms with Crippen molar-refractivity contribution in [1.29, 1.82) is 0 Å². The summed E-state index contributed by atoms with van der Waals surface area (Å²) < 4.78 is 5.78. The molecule has 0 radical (unpaired) electrons. The van der Waals surface area contributed by atoms with Crippen molar-refractivity contribution < 1.29 is 4.74 Å². The molecular formula is C11H18O. The number of hydrogen-bond donors (Lipinski definition) is 0. The predicted molar refractivity (Wildman–Crippen MR) is 52.1 cm³/mol. The van der Waals surface area contributed by atoms with Crippen LogP contribution in [-0.4, -0.2) is 12.2 Å². The molecule has 1 nitrogen and oxygen atoms in total. The van der Waals surface area contributed by atoms with E-state index in [1.165, 1.54) is 12.0 Å². The molecule has 0 amide bonds. The van der Waals surface area contributed by atoms with Gasteiger partial charge in [0.15, 0.2) is 0 Å². The van der Waals surface area contributed by atoms with Gasteiger partial charge in [-0.3, -0.25) is 0 Å². The van der Waals surface area contributed by atoms with Crippen LogP contribution in [0, 0.1) is 0 Å². The van der Waals surface area contributed by atoms with Gasteiger partial charge in [-0.2, -0.15) is 0 Å². The van der Waals surface area contributed by atoms with Crippen molar-refractivity contribution in [3.8, 4) is 0 Å². The van der Waals surface area contributed by atoms with Crippen molar-refractivity contribution in [3.05, 3.63) is 24.8 Å². The topological polar surface area (TPSA) is 9.23 Å². The summed E-state index contributed by atoms with van der Waals surface area (Å²) in [6, 6.07) is 0.